The van der Waals surface area contributed by atoms with Crippen molar-refractivity contribution in [1.82, 2.24) is 0 Å². The molecule has 2 aromatic rings. The molecular formula is C15H15BrClNO. The van der Waals surface area contributed by atoms with E-state index in [0.29, 0.717) is 18.2 Å². The Kier molecular flexibility index (Phi) is 5.40. The molecule has 0 aliphatic carbocycles. The second-order valence-corrected chi connectivity index (χ2v) is 5.41. The minimum atomic E-state index is -0.146. The molecule has 0 aromatic heterocycles. The molecule has 2 N–H and O–H groups in total. The topological polar surface area (TPSA) is 35.2 Å². The van der Waals surface area contributed by atoms with Gasteiger partial charge in [0.05, 0.1) is 12.7 Å². The lowest BCUT2D eigenvalue weighted by atomic mass is 10.1. The highest BCUT2D eigenvalue weighted by molar-refractivity contribution is 9.10. The van der Waals surface area contributed by atoms with Crippen LogP contribution in [0.15, 0.2) is 53.0 Å². The zero-order valence-electron chi connectivity index (χ0n) is 10.4. The van der Waals surface area contributed by atoms with Crippen LogP contribution < -0.4 is 5.73 Å². The fourth-order valence-corrected chi connectivity index (χ4v) is 2.56. The third-order valence-corrected chi connectivity index (χ3v) is 3.95. The second-order valence-electron chi connectivity index (χ2n) is 4.15. The first-order valence-corrected chi connectivity index (χ1v) is 7.19. The molecule has 1 atom stereocenters. The lowest BCUT2D eigenvalue weighted by molar-refractivity contribution is 0.0452. The van der Waals surface area contributed by atoms with Gasteiger partial charge in [-0.25, -0.2) is 0 Å². The third-order valence-electron chi connectivity index (χ3n) is 2.86. The van der Waals surface area contributed by atoms with Gasteiger partial charge in [0.25, 0.3) is 0 Å². The van der Waals surface area contributed by atoms with E-state index < -0.39 is 0 Å². The molecule has 0 radical (unpaired) electrons. The Morgan fingerprint density at radius 2 is 1.79 bits per heavy atom. The largest absolute Gasteiger partial charge is 0.367 e. The van der Waals surface area contributed by atoms with Crippen molar-refractivity contribution in [2.24, 2.45) is 5.73 Å². The van der Waals surface area contributed by atoms with Gasteiger partial charge in [-0.3, -0.25) is 0 Å². The summed E-state index contributed by atoms with van der Waals surface area (Å²) in [5.41, 5.74) is 7.82. The predicted molar refractivity (Wildman–Crippen MR) is 82.2 cm³/mol. The molecule has 4 heteroatoms. The average molecular weight is 341 g/mol. The highest BCUT2D eigenvalue weighted by Gasteiger charge is 2.13. The van der Waals surface area contributed by atoms with Crippen molar-refractivity contribution in [2.75, 3.05) is 6.54 Å². The highest BCUT2D eigenvalue weighted by atomic mass is 79.9. The van der Waals surface area contributed by atoms with Crippen LogP contribution in [-0.4, -0.2) is 6.54 Å². The van der Waals surface area contributed by atoms with Gasteiger partial charge < -0.3 is 10.5 Å². The van der Waals surface area contributed by atoms with Gasteiger partial charge in [0.1, 0.15) is 0 Å². The van der Waals surface area contributed by atoms with Gasteiger partial charge in [-0.2, -0.15) is 0 Å². The second kappa shape index (κ2) is 7.06. The Morgan fingerprint density at radius 3 is 2.47 bits per heavy atom. The zero-order chi connectivity index (χ0) is 13.7. The molecule has 0 amide bonds. The first kappa shape index (κ1) is 14.5. The van der Waals surface area contributed by atoms with E-state index in [9.17, 15) is 0 Å². The summed E-state index contributed by atoms with van der Waals surface area (Å²) in [5, 5.41) is 0.713. The summed E-state index contributed by atoms with van der Waals surface area (Å²) in [7, 11) is 0. The molecule has 0 bridgehead atoms. The number of benzene rings is 2. The molecule has 0 saturated carbocycles. The molecule has 19 heavy (non-hydrogen) atoms. The van der Waals surface area contributed by atoms with Crippen LogP contribution in [0.1, 0.15) is 17.2 Å². The molecule has 100 valence electrons. The molecule has 1 unspecified atom stereocenters. The minimum Gasteiger partial charge on any atom is -0.367 e. The molecule has 0 aliphatic rings. The Morgan fingerprint density at radius 1 is 1.11 bits per heavy atom. The monoisotopic (exact) mass is 339 g/mol. The quantitative estimate of drug-likeness (QED) is 0.880. The first-order chi connectivity index (χ1) is 9.22. The number of hydrogen-bond acceptors (Lipinski definition) is 2. The maximum Gasteiger partial charge on any atom is 0.0962 e. The molecule has 2 aromatic carbocycles. The maximum atomic E-state index is 6.11. The van der Waals surface area contributed by atoms with Crippen LogP contribution >= 0.6 is 27.5 Å². The predicted octanol–water partition coefficient (Wildman–Crippen LogP) is 4.32. The van der Waals surface area contributed by atoms with Crippen LogP contribution in [0, 0.1) is 0 Å². The van der Waals surface area contributed by atoms with E-state index >= 15 is 0 Å². The van der Waals surface area contributed by atoms with Crippen LogP contribution in [0.5, 0.6) is 0 Å². The van der Waals surface area contributed by atoms with Crippen LogP contribution in [0.2, 0.25) is 5.02 Å². The molecule has 0 saturated heterocycles. The molecule has 0 fully saturated rings. The molecule has 0 heterocycles. The van der Waals surface area contributed by atoms with Gasteiger partial charge in [-0.1, -0.05) is 63.9 Å². The van der Waals surface area contributed by atoms with Crippen LogP contribution in [0.25, 0.3) is 0 Å². The smallest absolute Gasteiger partial charge is 0.0962 e. The number of nitrogens with two attached hydrogens (primary N) is 1. The number of hydrogen-bond donors (Lipinski definition) is 1. The summed E-state index contributed by atoms with van der Waals surface area (Å²) in [6.07, 6.45) is -0.146. The van der Waals surface area contributed by atoms with Crippen molar-refractivity contribution >= 4 is 27.5 Å². The van der Waals surface area contributed by atoms with E-state index in [1.807, 2.05) is 48.5 Å². The van der Waals surface area contributed by atoms with Crippen molar-refractivity contribution in [1.29, 1.82) is 0 Å². The Hall–Kier alpha value is -0.870. The Bertz CT molecular complexity index is 547. The Labute approximate surface area is 126 Å². The van der Waals surface area contributed by atoms with E-state index in [1.165, 1.54) is 0 Å². The van der Waals surface area contributed by atoms with E-state index in [-0.39, 0.29) is 6.10 Å². The number of rotatable bonds is 5. The summed E-state index contributed by atoms with van der Waals surface area (Å²) in [6, 6.07) is 15.6. The summed E-state index contributed by atoms with van der Waals surface area (Å²) in [4.78, 5) is 0. The highest BCUT2D eigenvalue weighted by Crippen LogP contribution is 2.27. The number of halogens is 2. The normalized spacial score (nSPS) is 12.4. The lowest BCUT2D eigenvalue weighted by Gasteiger charge is -2.18. The first-order valence-electron chi connectivity index (χ1n) is 6.02. The van der Waals surface area contributed by atoms with Crippen molar-refractivity contribution in [3.05, 3.63) is 69.2 Å². The van der Waals surface area contributed by atoms with E-state index in [2.05, 4.69) is 15.9 Å². The van der Waals surface area contributed by atoms with Crippen molar-refractivity contribution in [3.8, 4) is 0 Å². The summed E-state index contributed by atoms with van der Waals surface area (Å²) in [5.74, 6) is 0. The summed E-state index contributed by atoms with van der Waals surface area (Å²) >= 11 is 9.62. The molecular weight excluding hydrogens is 326 g/mol. The summed E-state index contributed by atoms with van der Waals surface area (Å²) in [6.45, 7) is 0.871. The standard InChI is InChI=1S/C15H15BrClNO/c16-13-7-3-2-6-12(13)15(9-18)19-10-11-5-1-4-8-14(11)17/h1-8,15H,9-10,18H2. The maximum absolute atomic E-state index is 6.11. The summed E-state index contributed by atoms with van der Waals surface area (Å²) < 4.78 is 6.89. The van der Waals surface area contributed by atoms with Gasteiger partial charge in [0.15, 0.2) is 0 Å². The Balaban J connectivity index is 2.09. The van der Waals surface area contributed by atoms with E-state index in [1.54, 1.807) is 0 Å². The van der Waals surface area contributed by atoms with Gasteiger partial charge in [-0.05, 0) is 23.3 Å². The SMILES string of the molecule is NCC(OCc1ccccc1Cl)c1ccccc1Br. The van der Waals surface area contributed by atoms with Crippen LogP contribution in [-0.2, 0) is 11.3 Å². The van der Waals surface area contributed by atoms with Crippen molar-refractivity contribution in [2.45, 2.75) is 12.7 Å². The average Bonchev–Trinajstić information content (AvgIpc) is 2.43. The molecule has 2 rings (SSSR count). The van der Waals surface area contributed by atoms with Gasteiger partial charge in [0, 0.05) is 16.0 Å². The van der Waals surface area contributed by atoms with E-state index in [0.717, 1.165) is 15.6 Å². The zero-order valence-corrected chi connectivity index (χ0v) is 12.7. The minimum absolute atomic E-state index is 0.146. The van der Waals surface area contributed by atoms with Crippen LogP contribution in [0.3, 0.4) is 0 Å². The molecule has 0 aliphatic heterocycles. The third kappa shape index (κ3) is 3.80. The van der Waals surface area contributed by atoms with Crippen molar-refractivity contribution < 1.29 is 4.74 Å². The lowest BCUT2D eigenvalue weighted by Crippen LogP contribution is -2.16. The number of ether oxygens (including phenoxy) is 1. The van der Waals surface area contributed by atoms with E-state index in [4.69, 9.17) is 22.1 Å². The van der Waals surface area contributed by atoms with Crippen LogP contribution in [0.4, 0.5) is 0 Å². The molecule has 2 nitrogen and oxygen atoms in total. The van der Waals surface area contributed by atoms with Gasteiger partial charge in [0.2, 0.25) is 0 Å². The van der Waals surface area contributed by atoms with Gasteiger partial charge >= 0.3 is 0 Å². The van der Waals surface area contributed by atoms with Crippen molar-refractivity contribution in [3.63, 3.8) is 0 Å². The fourth-order valence-electron chi connectivity index (χ4n) is 1.83. The fraction of sp³-hybridized carbons (Fsp3) is 0.200. The van der Waals surface area contributed by atoms with Gasteiger partial charge in [-0.15, -0.1) is 0 Å². The molecule has 0 spiro atoms.